The Morgan fingerprint density at radius 3 is 2.77 bits per heavy atom. The monoisotopic (exact) mass is 468 g/mol. The average molecular weight is 469 g/mol. The van der Waals surface area contributed by atoms with Crippen LogP contribution in [-0.4, -0.2) is 65.5 Å². The van der Waals surface area contributed by atoms with Crippen LogP contribution >= 0.6 is 34.5 Å². The Balaban J connectivity index is 1.48. The molecular formula is C20H22Cl2N4O3S. The maximum Gasteiger partial charge on any atom is 0.274 e. The van der Waals surface area contributed by atoms with E-state index in [1.807, 2.05) is 0 Å². The zero-order valence-corrected chi connectivity index (χ0v) is 18.6. The highest BCUT2D eigenvalue weighted by Crippen LogP contribution is 2.33. The van der Waals surface area contributed by atoms with Gasteiger partial charge in [-0.05, 0) is 31.4 Å². The molecule has 1 atom stereocenters. The van der Waals surface area contributed by atoms with Crippen molar-refractivity contribution in [1.82, 2.24) is 14.8 Å². The summed E-state index contributed by atoms with van der Waals surface area (Å²) in [4.78, 5) is 34.1. The van der Waals surface area contributed by atoms with E-state index in [1.54, 1.807) is 33.4 Å². The van der Waals surface area contributed by atoms with Gasteiger partial charge in [0.1, 0.15) is 11.7 Å². The van der Waals surface area contributed by atoms with Crippen LogP contribution < -0.4 is 5.32 Å². The largest absolute Gasteiger partial charge is 0.378 e. The number of aromatic nitrogens is 1. The van der Waals surface area contributed by atoms with E-state index in [0.29, 0.717) is 65.8 Å². The quantitative estimate of drug-likeness (QED) is 0.732. The number of hydrogen-bond donors (Lipinski definition) is 1. The van der Waals surface area contributed by atoms with Crippen LogP contribution in [0.2, 0.25) is 10.0 Å². The van der Waals surface area contributed by atoms with E-state index >= 15 is 0 Å². The number of nitrogens with zero attached hydrogens (tertiary/aromatic N) is 3. The van der Waals surface area contributed by atoms with E-state index in [4.69, 9.17) is 27.9 Å². The van der Waals surface area contributed by atoms with Crippen LogP contribution in [0.25, 0.3) is 0 Å². The van der Waals surface area contributed by atoms with E-state index < -0.39 is 6.04 Å². The van der Waals surface area contributed by atoms with Crippen molar-refractivity contribution in [3.8, 4) is 0 Å². The van der Waals surface area contributed by atoms with Crippen LogP contribution in [0.1, 0.15) is 29.8 Å². The molecule has 2 fully saturated rings. The molecule has 0 saturated carbocycles. The number of benzene rings is 1. The maximum absolute atomic E-state index is 13.2. The van der Waals surface area contributed by atoms with E-state index in [2.05, 4.69) is 10.3 Å². The molecule has 0 spiro atoms. The van der Waals surface area contributed by atoms with Crippen molar-refractivity contribution in [3.05, 3.63) is 39.3 Å². The van der Waals surface area contributed by atoms with E-state index in [1.165, 1.54) is 11.3 Å². The van der Waals surface area contributed by atoms with Crippen molar-refractivity contribution in [3.63, 3.8) is 0 Å². The molecule has 0 aliphatic carbocycles. The van der Waals surface area contributed by atoms with Gasteiger partial charge in [-0.1, -0.05) is 29.3 Å². The number of thiazole rings is 1. The van der Waals surface area contributed by atoms with Gasteiger partial charge in [0.2, 0.25) is 5.91 Å². The number of carbonyl (C=O) groups excluding carboxylic acids is 2. The van der Waals surface area contributed by atoms with Crippen LogP contribution in [-0.2, 0) is 9.53 Å². The Kier molecular flexibility index (Phi) is 6.77. The predicted octanol–water partition coefficient (Wildman–Crippen LogP) is 4.05. The third-order valence-electron chi connectivity index (χ3n) is 5.29. The van der Waals surface area contributed by atoms with Crippen molar-refractivity contribution in [1.29, 1.82) is 0 Å². The maximum atomic E-state index is 13.2. The molecule has 10 heteroatoms. The SMILES string of the molecule is O=C([C@@H]1CCCCN1C(=O)c1csc(Nc2cccc(Cl)c2Cl)n1)N1CCOCC1. The molecule has 1 aromatic carbocycles. The first-order valence-corrected chi connectivity index (χ1v) is 11.5. The summed E-state index contributed by atoms with van der Waals surface area (Å²) in [5.74, 6) is -0.214. The second kappa shape index (κ2) is 9.51. The van der Waals surface area contributed by atoms with Gasteiger partial charge in [-0.2, -0.15) is 0 Å². The lowest BCUT2D eigenvalue weighted by Gasteiger charge is -2.38. The molecular weight excluding hydrogens is 447 g/mol. The summed E-state index contributed by atoms with van der Waals surface area (Å²) in [6.07, 6.45) is 2.49. The van der Waals surface area contributed by atoms with E-state index in [9.17, 15) is 9.59 Å². The number of nitrogens with one attached hydrogen (secondary N) is 1. The minimum atomic E-state index is -0.440. The van der Waals surface area contributed by atoms with E-state index in [-0.39, 0.29) is 11.8 Å². The molecule has 0 radical (unpaired) electrons. The molecule has 4 rings (SSSR count). The molecule has 2 saturated heterocycles. The Morgan fingerprint density at radius 2 is 1.97 bits per heavy atom. The molecule has 7 nitrogen and oxygen atoms in total. The fourth-order valence-corrected chi connectivity index (χ4v) is 4.76. The Hall–Kier alpha value is -1.87. The summed E-state index contributed by atoms with van der Waals surface area (Å²) in [7, 11) is 0. The zero-order valence-electron chi connectivity index (χ0n) is 16.3. The van der Waals surface area contributed by atoms with Gasteiger partial charge >= 0.3 is 0 Å². The number of likely N-dealkylation sites (tertiary alicyclic amines) is 1. The summed E-state index contributed by atoms with van der Waals surface area (Å²) in [6, 6.07) is 4.84. The molecule has 2 amide bonds. The summed E-state index contributed by atoms with van der Waals surface area (Å²) in [5.41, 5.74) is 0.943. The summed E-state index contributed by atoms with van der Waals surface area (Å²) >= 11 is 13.6. The van der Waals surface area contributed by atoms with Gasteiger partial charge in [0.15, 0.2) is 5.13 Å². The Labute approximate surface area is 188 Å². The van der Waals surface area contributed by atoms with Gasteiger partial charge in [0.05, 0.1) is 28.9 Å². The average Bonchev–Trinajstić information content (AvgIpc) is 3.25. The fourth-order valence-electron chi connectivity index (χ4n) is 3.72. The van der Waals surface area contributed by atoms with Crippen LogP contribution in [0.15, 0.2) is 23.6 Å². The number of halogens is 2. The highest BCUT2D eigenvalue weighted by Gasteiger charge is 2.36. The van der Waals surface area contributed by atoms with Crippen molar-refractivity contribution >= 4 is 57.2 Å². The lowest BCUT2D eigenvalue weighted by atomic mass is 10.00. The van der Waals surface area contributed by atoms with E-state index in [0.717, 1.165) is 12.8 Å². The smallest absolute Gasteiger partial charge is 0.274 e. The minimum Gasteiger partial charge on any atom is -0.378 e. The molecule has 1 aromatic heterocycles. The van der Waals surface area contributed by atoms with Gasteiger partial charge in [-0.25, -0.2) is 4.98 Å². The molecule has 30 heavy (non-hydrogen) atoms. The predicted molar refractivity (Wildman–Crippen MR) is 118 cm³/mol. The number of amides is 2. The second-order valence-corrected chi connectivity index (χ2v) is 8.86. The fraction of sp³-hybridized carbons (Fsp3) is 0.450. The topological polar surface area (TPSA) is 74.8 Å². The number of rotatable bonds is 4. The first-order valence-electron chi connectivity index (χ1n) is 9.88. The van der Waals surface area contributed by atoms with Crippen LogP contribution in [0.3, 0.4) is 0 Å². The Bertz CT molecular complexity index is 933. The molecule has 2 aromatic rings. The van der Waals surface area contributed by atoms with Gasteiger partial charge in [0.25, 0.3) is 5.91 Å². The van der Waals surface area contributed by atoms with Crippen molar-refractivity contribution in [2.45, 2.75) is 25.3 Å². The molecule has 2 aliphatic heterocycles. The lowest BCUT2D eigenvalue weighted by Crippen LogP contribution is -2.55. The molecule has 0 unspecified atom stereocenters. The van der Waals surface area contributed by atoms with Crippen LogP contribution in [0.4, 0.5) is 10.8 Å². The number of carbonyl (C=O) groups is 2. The van der Waals surface area contributed by atoms with Crippen molar-refractivity contribution in [2.75, 3.05) is 38.2 Å². The Morgan fingerprint density at radius 1 is 1.17 bits per heavy atom. The number of morpholine rings is 1. The summed E-state index contributed by atoms with van der Waals surface area (Å²) < 4.78 is 5.34. The number of anilines is 2. The van der Waals surface area contributed by atoms with Crippen LogP contribution in [0, 0.1) is 0 Å². The third kappa shape index (κ3) is 4.56. The first kappa shape index (κ1) is 21.4. The van der Waals surface area contributed by atoms with Gasteiger partial charge in [-0.15, -0.1) is 11.3 Å². The second-order valence-electron chi connectivity index (χ2n) is 7.21. The number of piperidine rings is 1. The number of ether oxygens (including phenoxy) is 1. The molecule has 0 bridgehead atoms. The standard InChI is InChI=1S/C20H22Cl2N4O3S/c21-13-4-3-5-14(17(13)22)23-20-24-15(12-30-20)18(27)26-7-2-1-6-16(26)19(28)25-8-10-29-11-9-25/h3-5,12,16H,1-2,6-11H2,(H,23,24)/t16-/m0/s1. The molecule has 1 N–H and O–H groups in total. The number of hydrogen-bond acceptors (Lipinski definition) is 6. The van der Waals surface area contributed by atoms with Crippen molar-refractivity contribution < 1.29 is 14.3 Å². The summed E-state index contributed by atoms with van der Waals surface area (Å²) in [6.45, 7) is 2.78. The molecule has 3 heterocycles. The minimum absolute atomic E-state index is 0.00522. The van der Waals surface area contributed by atoms with Gasteiger partial charge < -0.3 is 19.9 Å². The third-order valence-corrected chi connectivity index (χ3v) is 6.86. The summed E-state index contributed by atoms with van der Waals surface area (Å²) in [5, 5.41) is 6.18. The van der Waals surface area contributed by atoms with Crippen LogP contribution in [0.5, 0.6) is 0 Å². The van der Waals surface area contributed by atoms with Gasteiger partial charge in [0, 0.05) is 25.0 Å². The zero-order chi connectivity index (χ0) is 21.1. The normalized spacial score (nSPS) is 19.6. The first-order chi connectivity index (χ1) is 14.5. The lowest BCUT2D eigenvalue weighted by molar-refractivity contribution is -0.141. The van der Waals surface area contributed by atoms with Crippen molar-refractivity contribution in [2.24, 2.45) is 0 Å². The highest BCUT2D eigenvalue weighted by molar-refractivity contribution is 7.14. The molecule has 2 aliphatic rings. The van der Waals surface area contributed by atoms with Gasteiger partial charge in [-0.3, -0.25) is 9.59 Å². The molecule has 160 valence electrons. The highest BCUT2D eigenvalue weighted by atomic mass is 35.5.